The molecule has 4 nitrogen and oxygen atoms in total. The summed E-state index contributed by atoms with van der Waals surface area (Å²) in [5.74, 6) is 0.320. The van der Waals surface area contributed by atoms with Gasteiger partial charge in [-0.15, -0.1) is 0 Å². The average molecular weight is 415 g/mol. The zero-order valence-corrected chi connectivity index (χ0v) is 19.7. The number of Topliss-reactive ketones (excluding diaryl/α,β-unsaturated/α-hetero) is 1. The summed E-state index contributed by atoms with van der Waals surface area (Å²) in [4.78, 5) is 27.0. The molecule has 1 N–H and O–H groups in total. The first-order chi connectivity index (χ1) is 13.7. The first-order valence-electron chi connectivity index (χ1n) is 11.4. The number of ether oxygens (including phenoxy) is 1. The van der Waals surface area contributed by atoms with Crippen molar-refractivity contribution in [3.05, 3.63) is 23.8 Å². The van der Waals surface area contributed by atoms with Crippen LogP contribution < -0.4 is 0 Å². The second-order valence-electron chi connectivity index (χ2n) is 11.9. The van der Waals surface area contributed by atoms with Crippen LogP contribution in [0.4, 0.5) is 0 Å². The van der Waals surface area contributed by atoms with Crippen molar-refractivity contribution in [1.82, 2.24) is 0 Å². The highest BCUT2D eigenvalue weighted by Crippen LogP contribution is 2.76. The monoisotopic (exact) mass is 414 g/mol. The number of carbonyl (C=O) groups excluding carboxylic acids is 2. The quantitative estimate of drug-likeness (QED) is 0.492. The highest BCUT2D eigenvalue weighted by Gasteiger charge is 2.74. The van der Waals surface area contributed by atoms with E-state index in [1.54, 1.807) is 0 Å². The highest BCUT2D eigenvalue weighted by molar-refractivity contribution is 6.06. The zero-order chi connectivity index (χ0) is 22.5. The maximum Gasteiger partial charge on any atom is 0.320 e. The van der Waals surface area contributed by atoms with Crippen LogP contribution in [0.3, 0.4) is 0 Å². The summed E-state index contributed by atoms with van der Waals surface area (Å²) in [6.07, 6.45) is 5.78. The van der Waals surface area contributed by atoms with Crippen LogP contribution in [0.2, 0.25) is 0 Å². The molecule has 0 aliphatic heterocycles. The van der Waals surface area contributed by atoms with Gasteiger partial charge in [0.2, 0.25) is 0 Å². The number of carbonyl (C=O) groups is 2. The molecular formula is C26H38O4. The minimum atomic E-state index is -0.981. The van der Waals surface area contributed by atoms with E-state index in [4.69, 9.17) is 4.74 Å². The van der Waals surface area contributed by atoms with Crippen molar-refractivity contribution in [1.29, 1.82) is 0 Å². The molecule has 4 aliphatic rings. The number of hydrogen-bond acceptors (Lipinski definition) is 4. The third-order valence-electron chi connectivity index (χ3n) is 10.5. The molecule has 0 aromatic heterocycles. The van der Waals surface area contributed by atoms with Gasteiger partial charge in [-0.05, 0) is 85.2 Å². The molecule has 0 saturated heterocycles. The van der Waals surface area contributed by atoms with Crippen molar-refractivity contribution in [3.8, 4) is 0 Å². The van der Waals surface area contributed by atoms with Gasteiger partial charge in [-0.25, -0.2) is 0 Å². The normalized spacial score (nSPS) is 49.6. The fourth-order valence-electron chi connectivity index (χ4n) is 8.67. The van der Waals surface area contributed by atoms with E-state index in [-0.39, 0.29) is 40.0 Å². The predicted molar refractivity (Wildman–Crippen MR) is 117 cm³/mol. The van der Waals surface area contributed by atoms with Crippen LogP contribution in [0, 0.1) is 38.9 Å². The molecule has 0 radical (unpaired) electrons. The maximum atomic E-state index is 13.5. The van der Waals surface area contributed by atoms with Gasteiger partial charge in [-0.3, -0.25) is 9.59 Å². The van der Waals surface area contributed by atoms with E-state index in [0.29, 0.717) is 23.5 Å². The first kappa shape index (κ1) is 21.8. The molecule has 3 saturated carbocycles. The molecule has 0 heterocycles. The van der Waals surface area contributed by atoms with Crippen molar-refractivity contribution in [2.45, 2.75) is 79.8 Å². The standard InChI is InChI=1S/C26H38O4/c1-15-13-26(21(29)30-8)16(2)24(6,20(15)28)14-18-23(5)11-10-19(27)22(3,4)17(23)9-12-25(18,26)7/h13,17-19,27H,2,9-12,14H2,1,3-8H3/t17?,18?,19-,23-,24-,25+,26-/m0/s1. The van der Waals surface area contributed by atoms with Gasteiger partial charge in [0.1, 0.15) is 5.41 Å². The van der Waals surface area contributed by atoms with Crippen LogP contribution in [0.1, 0.15) is 73.6 Å². The third-order valence-corrected chi connectivity index (χ3v) is 10.5. The summed E-state index contributed by atoms with van der Waals surface area (Å²) in [6.45, 7) is 17.2. The topological polar surface area (TPSA) is 63.6 Å². The summed E-state index contributed by atoms with van der Waals surface area (Å²) < 4.78 is 5.41. The number of methoxy groups -OCH3 is 1. The second kappa shape index (κ2) is 6.09. The molecule has 0 aromatic rings. The lowest BCUT2D eigenvalue weighted by Crippen LogP contribution is -2.69. The number of fused-ring (bicyclic) bond motifs is 6. The van der Waals surface area contributed by atoms with E-state index in [0.717, 1.165) is 25.7 Å². The Labute approximate surface area is 181 Å². The number of ketones is 1. The van der Waals surface area contributed by atoms with Crippen molar-refractivity contribution in [2.24, 2.45) is 38.9 Å². The van der Waals surface area contributed by atoms with Crippen molar-refractivity contribution in [2.75, 3.05) is 7.11 Å². The van der Waals surface area contributed by atoms with Crippen LogP contribution in [0.25, 0.3) is 0 Å². The molecule has 2 unspecified atom stereocenters. The third kappa shape index (κ3) is 2.17. The van der Waals surface area contributed by atoms with Gasteiger partial charge in [0, 0.05) is 0 Å². The summed E-state index contributed by atoms with van der Waals surface area (Å²) in [6, 6.07) is 0. The Kier molecular flexibility index (Phi) is 4.42. The smallest absolute Gasteiger partial charge is 0.320 e. The molecule has 30 heavy (non-hydrogen) atoms. The molecule has 2 bridgehead atoms. The molecule has 0 spiro atoms. The fraction of sp³-hybridized carbons (Fsp3) is 0.769. The average Bonchev–Trinajstić information content (AvgIpc) is 2.68. The Morgan fingerprint density at radius 3 is 2.37 bits per heavy atom. The van der Waals surface area contributed by atoms with E-state index in [2.05, 4.69) is 34.3 Å². The van der Waals surface area contributed by atoms with Gasteiger partial charge in [0.25, 0.3) is 0 Å². The fourth-order valence-corrected chi connectivity index (χ4v) is 8.67. The van der Waals surface area contributed by atoms with E-state index in [1.165, 1.54) is 7.11 Å². The summed E-state index contributed by atoms with van der Waals surface area (Å²) in [5.41, 5.74) is -0.991. The lowest BCUT2D eigenvalue weighted by Gasteiger charge is -2.71. The van der Waals surface area contributed by atoms with Gasteiger partial charge in [-0.1, -0.05) is 40.3 Å². The van der Waals surface area contributed by atoms with Gasteiger partial charge < -0.3 is 9.84 Å². The summed E-state index contributed by atoms with van der Waals surface area (Å²) in [7, 11) is 1.45. The van der Waals surface area contributed by atoms with E-state index < -0.39 is 10.8 Å². The Balaban J connectivity index is 1.98. The Morgan fingerprint density at radius 1 is 1.13 bits per heavy atom. The summed E-state index contributed by atoms with van der Waals surface area (Å²) >= 11 is 0. The van der Waals surface area contributed by atoms with E-state index >= 15 is 0 Å². The maximum absolute atomic E-state index is 13.5. The molecule has 4 heteroatoms. The highest BCUT2D eigenvalue weighted by atomic mass is 16.5. The second-order valence-corrected chi connectivity index (χ2v) is 11.9. The van der Waals surface area contributed by atoms with Gasteiger partial charge in [0.15, 0.2) is 5.78 Å². The van der Waals surface area contributed by atoms with Crippen LogP contribution in [0.15, 0.2) is 23.8 Å². The number of rotatable bonds is 1. The minimum absolute atomic E-state index is 0.0592. The number of hydrogen-bond donors (Lipinski definition) is 1. The lowest BCUT2D eigenvalue weighted by molar-refractivity contribution is -0.215. The first-order valence-corrected chi connectivity index (χ1v) is 11.4. The zero-order valence-electron chi connectivity index (χ0n) is 19.7. The molecule has 0 aromatic carbocycles. The van der Waals surface area contributed by atoms with Crippen molar-refractivity contribution >= 4 is 11.8 Å². The molecule has 3 fully saturated rings. The SMILES string of the molecule is C=C1[C@]2(C)CC3[C@@]4(C)CC[C@H](O)C(C)(C)C4CC[C@@]3(C)[C@@]1(C(=O)OC)C=C(C)C2=O. The largest absolute Gasteiger partial charge is 0.468 e. The molecular weight excluding hydrogens is 376 g/mol. The summed E-state index contributed by atoms with van der Waals surface area (Å²) in [5, 5.41) is 10.8. The Morgan fingerprint density at radius 2 is 1.77 bits per heavy atom. The van der Waals surface area contributed by atoms with Crippen LogP contribution in [-0.2, 0) is 14.3 Å². The number of esters is 1. The Bertz CT molecular complexity index is 868. The molecule has 7 atom stereocenters. The number of allylic oxidation sites excluding steroid dienone is 1. The number of aliphatic hydroxyl groups is 1. The van der Waals surface area contributed by atoms with Crippen LogP contribution >= 0.6 is 0 Å². The Hall–Kier alpha value is -1.42. The predicted octanol–water partition coefficient (Wildman–Crippen LogP) is 4.86. The molecule has 0 amide bonds. The lowest BCUT2D eigenvalue weighted by atomic mass is 9.32. The number of aliphatic hydroxyl groups excluding tert-OH is 1. The van der Waals surface area contributed by atoms with Gasteiger partial charge >= 0.3 is 5.97 Å². The van der Waals surface area contributed by atoms with Gasteiger partial charge in [0.05, 0.1) is 18.6 Å². The molecule has 166 valence electrons. The van der Waals surface area contributed by atoms with Crippen molar-refractivity contribution in [3.63, 3.8) is 0 Å². The van der Waals surface area contributed by atoms with E-state index in [9.17, 15) is 14.7 Å². The van der Waals surface area contributed by atoms with Crippen molar-refractivity contribution < 1.29 is 19.4 Å². The van der Waals surface area contributed by atoms with E-state index in [1.807, 2.05) is 19.9 Å². The van der Waals surface area contributed by atoms with Crippen LogP contribution in [-0.4, -0.2) is 30.1 Å². The molecule has 4 aliphatic carbocycles. The molecule has 4 rings (SSSR count). The van der Waals surface area contributed by atoms with Crippen LogP contribution in [0.5, 0.6) is 0 Å². The minimum Gasteiger partial charge on any atom is -0.468 e. The van der Waals surface area contributed by atoms with Gasteiger partial charge in [-0.2, -0.15) is 0 Å².